The standard InChI is InChI=1S/C25H27FN4O3/c1-16-12-17-19(29-16)6-7-21(24(17)26)33-25-18-13-22(31-2)23(14-20(18)27-15-28-25)32-11-5-10-30-8-3-4-9-30/h6-7,12-15,29H,3-5,8-11H2,1-2H3/i2D3,8D2,9D2,11D2. The van der Waals surface area contributed by atoms with E-state index in [-0.39, 0.29) is 47.7 Å². The van der Waals surface area contributed by atoms with Gasteiger partial charge in [0, 0.05) is 34.7 Å². The summed E-state index contributed by atoms with van der Waals surface area (Å²) in [6, 6.07) is 7.10. The van der Waals surface area contributed by atoms with E-state index in [0.717, 1.165) is 16.9 Å². The Hall–Kier alpha value is -3.39. The number of methoxy groups -OCH3 is 1. The fourth-order valence-electron chi connectivity index (χ4n) is 3.63. The molecule has 0 radical (unpaired) electrons. The van der Waals surface area contributed by atoms with E-state index in [0.29, 0.717) is 10.9 Å². The van der Waals surface area contributed by atoms with Crippen molar-refractivity contribution in [3.8, 4) is 23.1 Å². The lowest BCUT2D eigenvalue weighted by Gasteiger charge is -2.16. The highest BCUT2D eigenvalue weighted by atomic mass is 19.1. The van der Waals surface area contributed by atoms with E-state index in [1.54, 1.807) is 19.1 Å². The van der Waals surface area contributed by atoms with Crippen molar-refractivity contribution in [2.75, 3.05) is 33.1 Å². The molecule has 172 valence electrons. The highest BCUT2D eigenvalue weighted by Crippen LogP contribution is 2.37. The molecule has 0 saturated carbocycles. The summed E-state index contributed by atoms with van der Waals surface area (Å²) in [6.45, 7) is -4.94. The van der Waals surface area contributed by atoms with Gasteiger partial charge < -0.3 is 24.1 Å². The third kappa shape index (κ3) is 4.43. The maximum Gasteiger partial charge on any atom is 0.230 e. The third-order valence-corrected chi connectivity index (χ3v) is 5.17. The number of aryl methyl sites for hydroxylation is 1. The molecule has 2 aromatic heterocycles. The molecular formula is C25H27FN4O3. The van der Waals surface area contributed by atoms with Crippen molar-refractivity contribution in [2.24, 2.45) is 0 Å². The predicted molar refractivity (Wildman–Crippen MR) is 125 cm³/mol. The lowest BCUT2D eigenvalue weighted by Crippen LogP contribution is -2.21. The third-order valence-electron chi connectivity index (χ3n) is 5.17. The highest BCUT2D eigenvalue weighted by Gasteiger charge is 2.17. The molecule has 33 heavy (non-hydrogen) atoms. The molecule has 2 aromatic carbocycles. The normalized spacial score (nSPS) is 22.2. The summed E-state index contributed by atoms with van der Waals surface area (Å²) >= 11 is 0. The zero-order valence-electron chi connectivity index (χ0n) is 26.7. The molecule has 4 aromatic rings. The van der Waals surface area contributed by atoms with Crippen molar-refractivity contribution in [1.82, 2.24) is 19.9 Å². The summed E-state index contributed by atoms with van der Waals surface area (Å²) in [5.74, 6) is -1.61. The number of nitrogens with one attached hydrogen (secondary N) is 1. The molecule has 1 aliphatic heterocycles. The van der Waals surface area contributed by atoms with E-state index in [1.807, 2.05) is 0 Å². The summed E-state index contributed by atoms with van der Waals surface area (Å²) in [6.07, 6.45) is 0.597. The molecule has 0 aliphatic carbocycles. The summed E-state index contributed by atoms with van der Waals surface area (Å²) in [5.41, 5.74) is 1.48. The van der Waals surface area contributed by atoms with E-state index in [9.17, 15) is 0 Å². The van der Waals surface area contributed by atoms with Crippen molar-refractivity contribution < 1.29 is 30.9 Å². The van der Waals surface area contributed by atoms with Crippen molar-refractivity contribution in [3.63, 3.8) is 0 Å². The molecule has 8 heteroatoms. The number of aromatic nitrogens is 3. The number of benzene rings is 2. The number of ether oxygens (including phenoxy) is 3. The van der Waals surface area contributed by atoms with Crippen LogP contribution in [-0.2, 0) is 0 Å². The molecule has 0 spiro atoms. The van der Waals surface area contributed by atoms with Crippen LogP contribution in [0.3, 0.4) is 0 Å². The van der Waals surface area contributed by atoms with Gasteiger partial charge in [0.1, 0.15) is 6.33 Å². The van der Waals surface area contributed by atoms with E-state index in [2.05, 4.69) is 15.0 Å². The molecule has 0 unspecified atom stereocenters. The van der Waals surface area contributed by atoms with Crippen molar-refractivity contribution in [1.29, 1.82) is 0 Å². The minimum Gasteiger partial charge on any atom is -0.493 e. The lowest BCUT2D eigenvalue weighted by atomic mass is 10.2. The number of halogens is 1. The van der Waals surface area contributed by atoms with Crippen LogP contribution < -0.4 is 14.2 Å². The zero-order chi connectivity index (χ0) is 30.7. The Bertz CT molecular complexity index is 1630. The molecule has 5 rings (SSSR count). The van der Waals surface area contributed by atoms with Crippen molar-refractivity contribution in [3.05, 3.63) is 48.2 Å². The molecule has 3 heterocycles. The number of rotatable bonds is 8. The molecule has 0 bridgehead atoms. The van der Waals surface area contributed by atoms with Crippen LogP contribution in [0.15, 0.2) is 36.7 Å². The van der Waals surface area contributed by atoms with E-state index in [4.69, 9.17) is 26.5 Å². The molecule has 1 aliphatic rings. The summed E-state index contributed by atoms with van der Waals surface area (Å²) < 4.78 is 103. The van der Waals surface area contributed by atoms with Crippen LogP contribution in [0.2, 0.25) is 0 Å². The SMILES string of the molecule is [2H]C([2H])([2H])Oc1cc2c(Oc3ccc4[nH]c(C)cc4c3F)ncnc2cc1OC([2H])([2H])CCN1C([2H])([2H])CCC1([2H])[2H]. The minimum atomic E-state index is -2.96. The van der Waals surface area contributed by atoms with Gasteiger partial charge in [0.05, 0.1) is 31.4 Å². The van der Waals surface area contributed by atoms with Crippen LogP contribution >= 0.6 is 0 Å². The fourth-order valence-corrected chi connectivity index (χ4v) is 3.63. The molecule has 0 amide bonds. The summed E-state index contributed by atoms with van der Waals surface area (Å²) in [7, 11) is -2.96. The smallest absolute Gasteiger partial charge is 0.230 e. The number of H-pyrrole nitrogens is 1. The van der Waals surface area contributed by atoms with Crippen molar-refractivity contribution in [2.45, 2.75) is 26.2 Å². The van der Waals surface area contributed by atoms with Gasteiger partial charge in [-0.3, -0.25) is 0 Å². The monoisotopic (exact) mass is 459 g/mol. The van der Waals surface area contributed by atoms with Crippen LogP contribution in [0.4, 0.5) is 4.39 Å². The summed E-state index contributed by atoms with van der Waals surface area (Å²) in [5, 5.41) is 0.440. The van der Waals surface area contributed by atoms with Crippen LogP contribution in [0, 0.1) is 12.7 Å². The van der Waals surface area contributed by atoms with Gasteiger partial charge in [-0.25, -0.2) is 14.4 Å². The van der Waals surface area contributed by atoms with Crippen LogP contribution in [0.1, 0.15) is 37.3 Å². The average Bonchev–Trinajstić information content (AvgIpc) is 3.34. The molecule has 1 N–H and O–H groups in total. The number of likely N-dealkylation sites (tertiary alicyclic amines) is 1. The van der Waals surface area contributed by atoms with E-state index >= 15 is 4.39 Å². The van der Waals surface area contributed by atoms with Crippen molar-refractivity contribution >= 4 is 21.8 Å². The van der Waals surface area contributed by atoms with E-state index < -0.39 is 44.6 Å². The molecular weight excluding hydrogens is 423 g/mol. The number of hydrogen-bond donors (Lipinski definition) is 1. The maximum absolute atomic E-state index is 15.2. The maximum atomic E-state index is 15.2. The van der Waals surface area contributed by atoms with Crippen LogP contribution in [0.5, 0.6) is 23.1 Å². The second-order valence-electron chi connectivity index (χ2n) is 7.45. The summed E-state index contributed by atoms with van der Waals surface area (Å²) in [4.78, 5) is 12.2. The van der Waals surface area contributed by atoms with Crippen LogP contribution in [0.25, 0.3) is 21.8 Å². The van der Waals surface area contributed by atoms with Gasteiger partial charge in [-0.15, -0.1) is 0 Å². The first-order chi connectivity index (χ1) is 19.4. The van der Waals surface area contributed by atoms with Crippen LogP contribution in [-0.4, -0.2) is 53.0 Å². The Kier molecular flexibility index (Phi) is 3.73. The molecule has 7 nitrogen and oxygen atoms in total. The van der Waals surface area contributed by atoms with Gasteiger partial charge in [-0.05, 0) is 63.4 Å². The molecule has 1 fully saturated rings. The second-order valence-corrected chi connectivity index (χ2v) is 7.45. The molecule has 0 atom stereocenters. The Morgan fingerprint density at radius 2 is 2.03 bits per heavy atom. The largest absolute Gasteiger partial charge is 0.493 e. The Labute approximate surface area is 204 Å². The predicted octanol–water partition coefficient (Wildman–Crippen LogP) is 5.22. The minimum absolute atomic E-state index is 0.0439. The van der Waals surface area contributed by atoms with E-state index in [1.165, 1.54) is 18.2 Å². The zero-order valence-corrected chi connectivity index (χ0v) is 17.7. The number of aromatic amines is 1. The number of nitrogens with zero attached hydrogens (tertiary/aromatic N) is 3. The topological polar surface area (TPSA) is 72.5 Å². The van der Waals surface area contributed by atoms with Gasteiger partial charge in [0.25, 0.3) is 0 Å². The van der Waals surface area contributed by atoms with Gasteiger partial charge in [-0.1, -0.05) is 0 Å². The Balaban J connectivity index is 1.47. The second kappa shape index (κ2) is 9.23. The first kappa shape index (κ1) is 13.3. The van der Waals surface area contributed by atoms with Gasteiger partial charge in [0.15, 0.2) is 23.1 Å². The van der Waals surface area contributed by atoms with Gasteiger partial charge in [-0.2, -0.15) is 0 Å². The number of fused-ring (bicyclic) bond motifs is 2. The molecule has 1 saturated heterocycles. The lowest BCUT2D eigenvalue weighted by molar-refractivity contribution is 0.254. The highest BCUT2D eigenvalue weighted by molar-refractivity contribution is 5.87. The quantitative estimate of drug-likeness (QED) is 0.389. The Morgan fingerprint density at radius 3 is 2.88 bits per heavy atom. The number of hydrogen-bond acceptors (Lipinski definition) is 6. The average molecular weight is 460 g/mol. The Morgan fingerprint density at radius 1 is 1.15 bits per heavy atom. The first-order valence-electron chi connectivity index (χ1n) is 14.8. The van der Waals surface area contributed by atoms with Gasteiger partial charge >= 0.3 is 0 Å². The first-order valence-corrected chi connectivity index (χ1v) is 10.3. The fraction of sp³-hybridized carbons (Fsp3) is 0.360. The van der Waals surface area contributed by atoms with Gasteiger partial charge in [0.2, 0.25) is 5.88 Å².